The largest absolute Gasteiger partial charge is 0.477 e. The molecule has 0 aliphatic carbocycles. The van der Waals surface area contributed by atoms with Crippen LogP contribution in [0.3, 0.4) is 0 Å². The van der Waals surface area contributed by atoms with Crippen molar-refractivity contribution in [3.8, 4) is 11.3 Å². The summed E-state index contributed by atoms with van der Waals surface area (Å²) in [5.41, 5.74) is 1.78. The molecular formula is C30H29Cl2FN4O4. The second-order valence-electron chi connectivity index (χ2n) is 11.8. The second kappa shape index (κ2) is 10.3. The number of carboxylic acids is 1. The number of carbonyl (C=O) groups is 2. The Morgan fingerprint density at radius 3 is 2.37 bits per heavy atom. The van der Waals surface area contributed by atoms with Gasteiger partial charge in [-0.1, -0.05) is 50.0 Å². The Morgan fingerprint density at radius 2 is 1.73 bits per heavy atom. The molecule has 8 nitrogen and oxygen atoms in total. The number of nitrogens with zero attached hydrogens (tertiary/aromatic N) is 4. The summed E-state index contributed by atoms with van der Waals surface area (Å²) < 4.78 is 20.4. The van der Waals surface area contributed by atoms with E-state index in [-0.39, 0.29) is 27.8 Å². The predicted octanol–water partition coefficient (Wildman–Crippen LogP) is 7.07. The van der Waals surface area contributed by atoms with Crippen LogP contribution in [0.25, 0.3) is 22.4 Å². The van der Waals surface area contributed by atoms with Gasteiger partial charge in [-0.15, -0.1) is 0 Å². The minimum absolute atomic E-state index is 0.0254. The Kier molecular flexibility index (Phi) is 7.24. The number of hydrogen-bond donors (Lipinski definition) is 1. The summed E-state index contributed by atoms with van der Waals surface area (Å²) in [5, 5.41) is 9.72. The standard InChI is InChI=1S/C30H29Cl2FN4O4/c1-29(2,3)17-13-22(16-6-7-18(31)20(33)12-16)34-23-14-24(41-25(17)23)27(38)37-11-10-36(15-30(37,4)5)26-19(32)8-9-21(35-26)28(39)40/h6-9,12-14H,10-11,15H2,1-5H3,(H,39,40). The van der Waals surface area contributed by atoms with Crippen molar-refractivity contribution in [1.82, 2.24) is 14.9 Å². The van der Waals surface area contributed by atoms with Crippen LogP contribution in [0.2, 0.25) is 10.0 Å². The lowest BCUT2D eigenvalue weighted by molar-refractivity contribution is 0.0483. The van der Waals surface area contributed by atoms with Gasteiger partial charge in [-0.3, -0.25) is 4.79 Å². The van der Waals surface area contributed by atoms with Gasteiger partial charge in [0.2, 0.25) is 0 Å². The number of hydrogen-bond acceptors (Lipinski definition) is 6. The van der Waals surface area contributed by atoms with E-state index in [1.807, 2.05) is 45.6 Å². The van der Waals surface area contributed by atoms with E-state index in [1.165, 1.54) is 24.3 Å². The number of pyridine rings is 2. The molecule has 1 fully saturated rings. The average Bonchev–Trinajstić information content (AvgIpc) is 3.32. The van der Waals surface area contributed by atoms with Gasteiger partial charge in [0.25, 0.3) is 5.91 Å². The average molecular weight is 599 g/mol. The fourth-order valence-electron chi connectivity index (χ4n) is 5.10. The molecule has 4 aromatic rings. The highest BCUT2D eigenvalue weighted by atomic mass is 35.5. The SMILES string of the molecule is CC(C)(C)c1cc(-c2ccc(Cl)c(F)c2)nc2cc(C(=O)N3CCN(c4nc(C(=O)O)ccc4Cl)CC3(C)C)oc12. The van der Waals surface area contributed by atoms with E-state index in [9.17, 15) is 19.1 Å². The van der Waals surface area contributed by atoms with Crippen LogP contribution >= 0.6 is 23.2 Å². The Balaban J connectivity index is 1.48. The molecule has 0 saturated carbocycles. The highest BCUT2D eigenvalue weighted by Gasteiger charge is 2.39. The third kappa shape index (κ3) is 5.48. The number of carbonyl (C=O) groups excluding carboxylic acids is 1. The summed E-state index contributed by atoms with van der Waals surface area (Å²) in [7, 11) is 0. The highest BCUT2D eigenvalue weighted by molar-refractivity contribution is 6.33. The topological polar surface area (TPSA) is 99.8 Å². The minimum atomic E-state index is -1.14. The van der Waals surface area contributed by atoms with Crippen molar-refractivity contribution in [1.29, 1.82) is 0 Å². The van der Waals surface area contributed by atoms with Crippen molar-refractivity contribution in [3.63, 3.8) is 0 Å². The zero-order valence-electron chi connectivity index (χ0n) is 23.3. The number of halogens is 3. The molecule has 1 N–H and O–H groups in total. The third-order valence-corrected chi connectivity index (χ3v) is 7.81. The molecule has 3 aromatic heterocycles. The van der Waals surface area contributed by atoms with Crippen LogP contribution in [0.4, 0.5) is 10.2 Å². The smallest absolute Gasteiger partial charge is 0.354 e. The zero-order chi connectivity index (χ0) is 29.9. The summed E-state index contributed by atoms with van der Waals surface area (Å²) in [6.07, 6.45) is 0. The van der Waals surface area contributed by atoms with Gasteiger partial charge in [0.1, 0.15) is 17.2 Å². The molecule has 4 heterocycles. The number of aromatic nitrogens is 2. The number of carboxylic acid groups (broad SMARTS) is 1. The fourth-order valence-corrected chi connectivity index (χ4v) is 5.45. The first-order valence-electron chi connectivity index (χ1n) is 13.0. The molecule has 0 radical (unpaired) electrons. The molecule has 5 rings (SSSR count). The molecular weight excluding hydrogens is 570 g/mol. The Morgan fingerprint density at radius 1 is 1.02 bits per heavy atom. The molecule has 0 unspecified atom stereocenters. The van der Waals surface area contributed by atoms with Crippen LogP contribution in [-0.2, 0) is 5.41 Å². The Labute approximate surface area is 246 Å². The number of amides is 1. The van der Waals surface area contributed by atoms with Gasteiger partial charge in [-0.25, -0.2) is 19.2 Å². The van der Waals surface area contributed by atoms with Crippen LogP contribution < -0.4 is 4.90 Å². The molecule has 1 aliphatic heterocycles. The van der Waals surface area contributed by atoms with Crippen LogP contribution in [0.1, 0.15) is 61.2 Å². The van der Waals surface area contributed by atoms with Gasteiger partial charge in [-0.2, -0.15) is 0 Å². The van der Waals surface area contributed by atoms with E-state index in [1.54, 1.807) is 17.0 Å². The Bertz CT molecular complexity index is 1700. The predicted molar refractivity (Wildman–Crippen MR) is 157 cm³/mol. The number of aromatic carboxylic acids is 1. The molecule has 1 saturated heterocycles. The molecule has 1 amide bonds. The van der Waals surface area contributed by atoms with Crippen molar-refractivity contribution < 1.29 is 23.5 Å². The lowest BCUT2D eigenvalue weighted by Gasteiger charge is -2.47. The first kappa shape index (κ1) is 28.8. The molecule has 1 aliphatic rings. The maximum absolute atomic E-state index is 14.2. The molecule has 1 aromatic carbocycles. The minimum Gasteiger partial charge on any atom is -0.477 e. The molecule has 214 valence electrons. The number of rotatable bonds is 4. The van der Waals surface area contributed by atoms with Crippen LogP contribution in [0.15, 0.2) is 46.9 Å². The van der Waals surface area contributed by atoms with Crippen molar-refractivity contribution >= 4 is 52.0 Å². The van der Waals surface area contributed by atoms with E-state index < -0.39 is 17.3 Å². The summed E-state index contributed by atoms with van der Waals surface area (Å²) in [5.74, 6) is -1.49. The van der Waals surface area contributed by atoms with E-state index >= 15 is 0 Å². The number of fused-ring (bicyclic) bond motifs is 1. The second-order valence-corrected chi connectivity index (χ2v) is 12.6. The maximum atomic E-state index is 14.2. The first-order chi connectivity index (χ1) is 19.2. The van der Waals surface area contributed by atoms with Crippen molar-refractivity contribution in [2.75, 3.05) is 24.5 Å². The van der Waals surface area contributed by atoms with E-state index in [2.05, 4.69) is 4.98 Å². The fraction of sp³-hybridized carbons (Fsp3) is 0.333. The normalized spacial score (nSPS) is 15.4. The lowest BCUT2D eigenvalue weighted by Crippen LogP contribution is -2.61. The van der Waals surface area contributed by atoms with Crippen molar-refractivity contribution in [2.45, 2.75) is 45.6 Å². The molecule has 41 heavy (non-hydrogen) atoms. The number of furan rings is 1. The summed E-state index contributed by atoms with van der Waals surface area (Å²) in [6.45, 7) is 11.0. The van der Waals surface area contributed by atoms with Crippen molar-refractivity contribution in [2.24, 2.45) is 0 Å². The quantitative estimate of drug-likeness (QED) is 0.268. The van der Waals surface area contributed by atoms with Crippen molar-refractivity contribution in [3.05, 3.63) is 75.3 Å². The first-order valence-corrected chi connectivity index (χ1v) is 13.8. The summed E-state index contributed by atoms with van der Waals surface area (Å²) in [6, 6.07) is 10.9. The zero-order valence-corrected chi connectivity index (χ0v) is 24.8. The van der Waals surface area contributed by atoms with Crippen LogP contribution in [0.5, 0.6) is 0 Å². The number of piperazine rings is 1. The number of anilines is 1. The molecule has 0 spiro atoms. The van der Waals surface area contributed by atoms with E-state index in [4.69, 9.17) is 32.6 Å². The molecule has 11 heteroatoms. The molecule has 0 bridgehead atoms. The van der Waals surface area contributed by atoms with Crippen LogP contribution in [0, 0.1) is 5.82 Å². The van der Waals surface area contributed by atoms with Gasteiger partial charge in [-0.05, 0) is 49.6 Å². The third-order valence-electron chi connectivity index (χ3n) is 7.21. The maximum Gasteiger partial charge on any atom is 0.354 e. The highest BCUT2D eigenvalue weighted by Crippen LogP contribution is 2.36. The monoisotopic (exact) mass is 598 g/mol. The van der Waals surface area contributed by atoms with E-state index in [0.29, 0.717) is 52.8 Å². The van der Waals surface area contributed by atoms with Gasteiger partial charge >= 0.3 is 5.97 Å². The number of benzene rings is 1. The van der Waals surface area contributed by atoms with Gasteiger partial charge < -0.3 is 19.3 Å². The summed E-state index contributed by atoms with van der Waals surface area (Å²) >= 11 is 12.2. The summed E-state index contributed by atoms with van der Waals surface area (Å²) in [4.78, 5) is 37.8. The van der Waals surface area contributed by atoms with Gasteiger partial charge in [0, 0.05) is 36.8 Å². The Hall–Kier alpha value is -3.69. The van der Waals surface area contributed by atoms with Gasteiger partial charge in [0.05, 0.1) is 21.3 Å². The van der Waals surface area contributed by atoms with Crippen LogP contribution in [-0.4, -0.2) is 57.0 Å². The van der Waals surface area contributed by atoms with E-state index in [0.717, 1.165) is 5.56 Å². The lowest BCUT2D eigenvalue weighted by atomic mass is 9.86. The van der Waals surface area contributed by atoms with Gasteiger partial charge in [0.15, 0.2) is 17.0 Å². The molecule has 0 atom stereocenters.